The normalized spacial score (nSPS) is 14.9. The number of hydrogen-bond acceptors (Lipinski definition) is 8. The van der Waals surface area contributed by atoms with Crippen LogP contribution in [0.3, 0.4) is 0 Å². The largest absolute Gasteiger partial charge is 0.462 e. The number of fused-ring (bicyclic) bond motifs is 2. The smallest absolute Gasteiger partial charge is 0.341 e. The molecule has 206 valence electrons. The maximum Gasteiger partial charge on any atom is 0.341 e. The van der Waals surface area contributed by atoms with Gasteiger partial charge in [0.2, 0.25) is 11.8 Å². The molecule has 2 heterocycles. The molecule has 0 radical (unpaired) electrons. The minimum Gasteiger partial charge on any atom is -0.462 e. The molecule has 2 N–H and O–H groups in total. The van der Waals surface area contributed by atoms with E-state index in [2.05, 4.69) is 10.6 Å². The van der Waals surface area contributed by atoms with Crippen molar-refractivity contribution < 1.29 is 28.7 Å². The molecule has 4 rings (SSSR count). The zero-order chi connectivity index (χ0) is 27.1. The van der Waals surface area contributed by atoms with Crippen molar-refractivity contribution in [3.8, 4) is 0 Å². The van der Waals surface area contributed by atoms with Gasteiger partial charge in [0.1, 0.15) is 10.0 Å². The summed E-state index contributed by atoms with van der Waals surface area (Å²) in [6.07, 6.45) is 9.64. The van der Waals surface area contributed by atoms with Gasteiger partial charge in [0, 0.05) is 22.6 Å². The summed E-state index contributed by atoms with van der Waals surface area (Å²) in [4.78, 5) is 53.4. The summed E-state index contributed by atoms with van der Waals surface area (Å²) < 4.78 is 10.6. The van der Waals surface area contributed by atoms with Gasteiger partial charge in [-0.2, -0.15) is 0 Å². The van der Waals surface area contributed by atoms with Crippen LogP contribution in [-0.4, -0.2) is 37.0 Å². The van der Waals surface area contributed by atoms with Gasteiger partial charge in [-0.05, 0) is 76.3 Å². The number of carbonyl (C=O) groups is 4. The van der Waals surface area contributed by atoms with Gasteiger partial charge >= 0.3 is 11.9 Å². The van der Waals surface area contributed by atoms with Gasteiger partial charge in [0.05, 0.1) is 24.3 Å². The first-order chi connectivity index (χ1) is 18.4. The molecule has 0 spiro atoms. The van der Waals surface area contributed by atoms with Crippen LogP contribution in [0.1, 0.15) is 107 Å². The fraction of sp³-hybridized carbons (Fsp3) is 0.571. The molecule has 0 saturated carbocycles. The first kappa shape index (κ1) is 28.3. The van der Waals surface area contributed by atoms with E-state index in [-0.39, 0.29) is 37.9 Å². The molecule has 8 nitrogen and oxygen atoms in total. The standard InChI is InChI=1S/C28H36N2O6S2/c1-3-35-27(33)23-17-11-7-5-9-13-19(17)37-25(23)29-21(31)15-16-22(32)30-26-24(28(34)36-4-2)18-12-8-6-10-14-20(18)38-26/h3-16H2,1-2H3,(H,29,31)(H,30,32). The molecular formula is C28H36N2O6S2. The predicted molar refractivity (Wildman–Crippen MR) is 150 cm³/mol. The fourth-order valence-electron chi connectivity index (χ4n) is 5.11. The van der Waals surface area contributed by atoms with E-state index < -0.39 is 11.9 Å². The number of rotatable bonds is 9. The number of anilines is 2. The van der Waals surface area contributed by atoms with Crippen LogP contribution in [-0.2, 0) is 44.7 Å². The molecule has 2 aromatic rings. The molecule has 0 unspecified atom stereocenters. The number of ether oxygens (including phenoxy) is 2. The van der Waals surface area contributed by atoms with Gasteiger partial charge in [0.25, 0.3) is 0 Å². The molecule has 0 fully saturated rings. The van der Waals surface area contributed by atoms with Crippen LogP contribution in [0.15, 0.2) is 0 Å². The fourth-order valence-corrected chi connectivity index (χ4v) is 7.69. The highest BCUT2D eigenvalue weighted by Gasteiger charge is 2.28. The van der Waals surface area contributed by atoms with Crippen LogP contribution < -0.4 is 10.6 Å². The Morgan fingerprint density at radius 1 is 0.632 bits per heavy atom. The van der Waals surface area contributed by atoms with Crippen molar-refractivity contribution in [2.45, 2.75) is 90.9 Å². The van der Waals surface area contributed by atoms with E-state index >= 15 is 0 Å². The molecule has 0 aromatic carbocycles. The molecule has 2 amide bonds. The van der Waals surface area contributed by atoms with Crippen molar-refractivity contribution >= 4 is 56.4 Å². The highest BCUT2D eigenvalue weighted by molar-refractivity contribution is 7.17. The van der Waals surface area contributed by atoms with Gasteiger partial charge in [-0.15, -0.1) is 22.7 Å². The maximum atomic E-state index is 12.8. The number of esters is 2. The molecule has 2 aliphatic rings. The molecule has 2 aliphatic carbocycles. The zero-order valence-corrected chi connectivity index (χ0v) is 23.8. The topological polar surface area (TPSA) is 111 Å². The van der Waals surface area contributed by atoms with Crippen LogP contribution in [0.25, 0.3) is 0 Å². The second kappa shape index (κ2) is 13.4. The molecule has 0 bridgehead atoms. The summed E-state index contributed by atoms with van der Waals surface area (Å²) in [5.74, 6) is -1.50. The lowest BCUT2D eigenvalue weighted by Crippen LogP contribution is -2.19. The Kier molecular flexibility index (Phi) is 9.96. The highest BCUT2D eigenvalue weighted by Crippen LogP contribution is 2.39. The summed E-state index contributed by atoms with van der Waals surface area (Å²) in [6, 6.07) is 0. The Morgan fingerprint density at radius 3 is 1.42 bits per heavy atom. The Bertz CT molecular complexity index is 1110. The average molecular weight is 561 g/mol. The van der Waals surface area contributed by atoms with Gasteiger partial charge in [-0.1, -0.05) is 12.8 Å². The average Bonchev–Trinajstić information content (AvgIpc) is 3.16. The van der Waals surface area contributed by atoms with Crippen molar-refractivity contribution in [2.24, 2.45) is 0 Å². The van der Waals surface area contributed by atoms with Gasteiger partial charge in [-0.25, -0.2) is 9.59 Å². The monoisotopic (exact) mass is 560 g/mol. The molecule has 10 heteroatoms. The van der Waals surface area contributed by atoms with Crippen LogP contribution in [0.5, 0.6) is 0 Å². The zero-order valence-electron chi connectivity index (χ0n) is 22.2. The Hall–Kier alpha value is -2.72. The maximum absolute atomic E-state index is 12.8. The molecule has 0 atom stereocenters. The molecular weight excluding hydrogens is 524 g/mol. The van der Waals surface area contributed by atoms with Gasteiger partial charge in [-0.3, -0.25) is 9.59 Å². The first-order valence-corrected chi connectivity index (χ1v) is 15.3. The Morgan fingerprint density at radius 2 is 1.03 bits per heavy atom. The van der Waals surface area contributed by atoms with Crippen LogP contribution >= 0.6 is 22.7 Å². The van der Waals surface area contributed by atoms with Crippen LogP contribution in [0.4, 0.5) is 10.0 Å². The number of hydrogen-bond donors (Lipinski definition) is 2. The van der Waals surface area contributed by atoms with E-state index in [1.165, 1.54) is 22.7 Å². The number of carbonyl (C=O) groups excluding carboxylic acids is 4. The lowest BCUT2D eigenvalue weighted by Gasteiger charge is -2.10. The molecule has 0 saturated heterocycles. The van der Waals surface area contributed by atoms with Crippen molar-refractivity contribution in [3.05, 3.63) is 32.0 Å². The number of aryl methyl sites for hydroxylation is 2. The van der Waals surface area contributed by atoms with E-state index in [0.717, 1.165) is 85.1 Å². The lowest BCUT2D eigenvalue weighted by atomic mass is 10.1. The van der Waals surface area contributed by atoms with E-state index in [1.807, 2.05) is 0 Å². The molecule has 38 heavy (non-hydrogen) atoms. The van der Waals surface area contributed by atoms with Crippen molar-refractivity contribution in [3.63, 3.8) is 0 Å². The SMILES string of the molecule is CCOC(=O)c1c(NC(=O)CCC(=O)Nc2sc3c(c2C(=O)OCC)CCCCC3)sc2c1CCCCC2. The van der Waals surface area contributed by atoms with Crippen LogP contribution in [0, 0.1) is 0 Å². The molecule has 2 aromatic heterocycles. The summed E-state index contributed by atoms with van der Waals surface area (Å²) in [6.45, 7) is 4.05. The van der Waals surface area contributed by atoms with Gasteiger partial charge in [0.15, 0.2) is 0 Å². The summed E-state index contributed by atoms with van der Waals surface area (Å²) >= 11 is 2.88. The van der Waals surface area contributed by atoms with Gasteiger partial charge < -0.3 is 20.1 Å². The van der Waals surface area contributed by atoms with Crippen molar-refractivity contribution in [2.75, 3.05) is 23.8 Å². The third-order valence-corrected chi connectivity index (χ3v) is 9.30. The minimum atomic E-state index is -0.413. The van der Waals surface area contributed by atoms with Crippen molar-refractivity contribution in [1.82, 2.24) is 0 Å². The summed E-state index contributed by atoms with van der Waals surface area (Å²) in [7, 11) is 0. The number of amides is 2. The Labute approximate surface area is 231 Å². The lowest BCUT2D eigenvalue weighted by molar-refractivity contribution is -0.121. The Balaban J connectivity index is 1.43. The van der Waals surface area contributed by atoms with E-state index in [0.29, 0.717) is 21.1 Å². The third-order valence-electron chi connectivity index (χ3n) is 6.89. The summed E-state index contributed by atoms with van der Waals surface area (Å²) in [5.41, 5.74) is 2.90. The minimum absolute atomic E-state index is 0.0451. The van der Waals surface area contributed by atoms with E-state index in [4.69, 9.17) is 9.47 Å². The molecule has 0 aliphatic heterocycles. The van der Waals surface area contributed by atoms with E-state index in [9.17, 15) is 19.2 Å². The quantitative estimate of drug-likeness (QED) is 0.285. The van der Waals surface area contributed by atoms with E-state index in [1.54, 1.807) is 13.8 Å². The number of nitrogens with one attached hydrogen (secondary N) is 2. The predicted octanol–water partition coefficient (Wildman–Crippen LogP) is 6.06. The third kappa shape index (κ3) is 6.64. The van der Waals surface area contributed by atoms with Crippen molar-refractivity contribution in [1.29, 1.82) is 0 Å². The second-order valence-corrected chi connectivity index (χ2v) is 11.8. The second-order valence-electron chi connectivity index (χ2n) is 9.57. The van der Waals surface area contributed by atoms with Crippen LogP contribution in [0.2, 0.25) is 0 Å². The first-order valence-electron chi connectivity index (χ1n) is 13.7. The summed E-state index contributed by atoms with van der Waals surface area (Å²) in [5, 5.41) is 6.75. The number of thiophene rings is 2. The highest BCUT2D eigenvalue weighted by atomic mass is 32.1.